The van der Waals surface area contributed by atoms with Crippen LogP contribution in [0, 0.1) is 0 Å². The molecule has 20 heavy (non-hydrogen) atoms. The molecule has 0 heterocycles. The van der Waals surface area contributed by atoms with Crippen LogP contribution in [0.15, 0.2) is 48.5 Å². The number of hydrogen-bond donors (Lipinski definition) is 1. The summed E-state index contributed by atoms with van der Waals surface area (Å²) < 4.78 is 5.21. The second-order valence-corrected chi connectivity index (χ2v) is 5.45. The molecule has 1 N–H and O–H groups in total. The van der Waals surface area contributed by atoms with E-state index in [9.17, 15) is 0 Å². The molecule has 0 radical (unpaired) electrons. The van der Waals surface area contributed by atoms with Crippen LogP contribution in [0.5, 0.6) is 5.75 Å². The summed E-state index contributed by atoms with van der Waals surface area (Å²) in [5.74, 6) is 0.909. The van der Waals surface area contributed by atoms with Crippen LogP contribution in [-0.4, -0.2) is 7.11 Å². The van der Waals surface area contributed by atoms with Gasteiger partial charge in [-0.2, -0.15) is 0 Å². The smallest absolute Gasteiger partial charge is 0.118 e. The van der Waals surface area contributed by atoms with Crippen LogP contribution in [0.3, 0.4) is 0 Å². The van der Waals surface area contributed by atoms with Gasteiger partial charge in [0.15, 0.2) is 0 Å². The summed E-state index contributed by atoms with van der Waals surface area (Å²) in [7, 11) is 1.70. The number of benzene rings is 2. The van der Waals surface area contributed by atoms with Crippen LogP contribution in [-0.2, 0) is 6.42 Å². The lowest BCUT2D eigenvalue weighted by Gasteiger charge is -2.21. The number of fused-ring (bicyclic) bond motifs is 1. The van der Waals surface area contributed by atoms with Crippen molar-refractivity contribution in [3.8, 4) is 5.75 Å². The van der Waals surface area contributed by atoms with Crippen LogP contribution in [0.4, 0.5) is 0 Å². The Balaban J connectivity index is 1.71. The molecular formula is C18H21NO. The average molecular weight is 267 g/mol. The van der Waals surface area contributed by atoms with Gasteiger partial charge in [-0.3, -0.25) is 0 Å². The average Bonchev–Trinajstić information content (AvgIpc) is 2.91. The number of ether oxygens (including phenoxy) is 1. The monoisotopic (exact) mass is 267 g/mol. The molecule has 0 aromatic heterocycles. The van der Waals surface area contributed by atoms with Gasteiger partial charge in [0.2, 0.25) is 0 Å². The Morgan fingerprint density at radius 3 is 2.60 bits per heavy atom. The molecule has 2 aromatic carbocycles. The maximum atomic E-state index is 5.21. The third kappa shape index (κ3) is 2.56. The second-order valence-electron chi connectivity index (χ2n) is 5.45. The summed E-state index contributed by atoms with van der Waals surface area (Å²) in [6.45, 7) is 2.22. The lowest BCUT2D eigenvalue weighted by molar-refractivity contribution is 0.414. The normalized spacial score (nSPS) is 18.6. The van der Waals surface area contributed by atoms with Crippen LogP contribution in [0.25, 0.3) is 0 Å². The number of methoxy groups -OCH3 is 1. The quantitative estimate of drug-likeness (QED) is 0.903. The highest BCUT2D eigenvalue weighted by molar-refractivity contribution is 5.35. The largest absolute Gasteiger partial charge is 0.497 e. The van der Waals surface area contributed by atoms with Crippen LogP contribution in [0.2, 0.25) is 0 Å². The van der Waals surface area contributed by atoms with E-state index in [0.29, 0.717) is 12.1 Å². The zero-order chi connectivity index (χ0) is 13.9. The van der Waals surface area contributed by atoms with Gasteiger partial charge >= 0.3 is 0 Å². The molecule has 2 atom stereocenters. The molecular weight excluding hydrogens is 246 g/mol. The molecule has 0 bridgehead atoms. The van der Waals surface area contributed by atoms with Crippen molar-refractivity contribution in [1.29, 1.82) is 0 Å². The van der Waals surface area contributed by atoms with Crippen LogP contribution < -0.4 is 10.1 Å². The number of nitrogens with one attached hydrogen (secondary N) is 1. The summed E-state index contributed by atoms with van der Waals surface area (Å²) in [5, 5.41) is 3.75. The van der Waals surface area contributed by atoms with Crippen molar-refractivity contribution in [3.63, 3.8) is 0 Å². The fourth-order valence-electron chi connectivity index (χ4n) is 3.02. The Bertz CT molecular complexity index is 576. The fraction of sp³-hybridized carbons (Fsp3) is 0.333. The lowest BCUT2D eigenvalue weighted by atomic mass is 10.0. The Morgan fingerprint density at radius 1 is 1.10 bits per heavy atom. The van der Waals surface area contributed by atoms with E-state index in [4.69, 9.17) is 4.74 Å². The van der Waals surface area contributed by atoms with E-state index in [1.165, 1.54) is 29.5 Å². The molecule has 2 heteroatoms. The summed E-state index contributed by atoms with van der Waals surface area (Å²) >= 11 is 0. The van der Waals surface area contributed by atoms with Crippen LogP contribution >= 0.6 is 0 Å². The van der Waals surface area contributed by atoms with Gasteiger partial charge in [-0.05, 0) is 48.6 Å². The Labute approximate surface area is 120 Å². The molecule has 0 fully saturated rings. The predicted molar refractivity (Wildman–Crippen MR) is 82.0 cm³/mol. The highest BCUT2D eigenvalue weighted by Gasteiger charge is 2.23. The Kier molecular flexibility index (Phi) is 3.75. The molecule has 0 spiro atoms. The van der Waals surface area contributed by atoms with E-state index in [1.54, 1.807) is 7.11 Å². The van der Waals surface area contributed by atoms with E-state index < -0.39 is 0 Å². The number of rotatable bonds is 4. The van der Waals surface area contributed by atoms with Crippen molar-refractivity contribution in [3.05, 3.63) is 65.2 Å². The van der Waals surface area contributed by atoms with Crippen molar-refractivity contribution in [2.45, 2.75) is 31.8 Å². The van der Waals surface area contributed by atoms with Gasteiger partial charge in [-0.1, -0.05) is 36.4 Å². The SMILES string of the molecule is COc1ccc([C@H](C)NC2CCc3ccccc32)cc1. The van der Waals surface area contributed by atoms with E-state index in [2.05, 4.69) is 48.6 Å². The highest BCUT2D eigenvalue weighted by atomic mass is 16.5. The standard InChI is InChI=1S/C18H21NO/c1-13(14-7-10-16(20-2)11-8-14)19-18-12-9-15-5-3-4-6-17(15)18/h3-8,10-11,13,18-19H,9,12H2,1-2H3/t13-,18?/m0/s1. The first kappa shape index (κ1) is 13.2. The summed E-state index contributed by atoms with van der Waals surface area (Å²) in [6.07, 6.45) is 2.38. The number of aryl methyl sites for hydroxylation is 1. The third-order valence-electron chi connectivity index (χ3n) is 4.20. The van der Waals surface area contributed by atoms with Gasteiger partial charge in [0.1, 0.15) is 5.75 Å². The molecule has 0 saturated carbocycles. The number of hydrogen-bond acceptors (Lipinski definition) is 2. The van der Waals surface area contributed by atoms with E-state index >= 15 is 0 Å². The molecule has 0 aliphatic heterocycles. The molecule has 1 aliphatic rings. The molecule has 104 valence electrons. The minimum Gasteiger partial charge on any atom is -0.497 e. The second kappa shape index (κ2) is 5.68. The molecule has 2 aromatic rings. The first-order chi connectivity index (χ1) is 9.78. The lowest BCUT2D eigenvalue weighted by Crippen LogP contribution is -2.22. The van der Waals surface area contributed by atoms with E-state index in [0.717, 1.165) is 5.75 Å². The predicted octanol–water partition coefficient (Wildman–Crippen LogP) is 4.03. The third-order valence-corrected chi connectivity index (χ3v) is 4.20. The molecule has 0 amide bonds. The highest BCUT2D eigenvalue weighted by Crippen LogP contribution is 2.32. The first-order valence-corrected chi connectivity index (χ1v) is 7.25. The summed E-state index contributed by atoms with van der Waals surface area (Å²) in [6, 6.07) is 17.9. The molecule has 1 unspecified atom stereocenters. The fourth-order valence-corrected chi connectivity index (χ4v) is 3.02. The molecule has 1 aliphatic carbocycles. The van der Waals surface area contributed by atoms with Crippen molar-refractivity contribution in [2.75, 3.05) is 7.11 Å². The zero-order valence-electron chi connectivity index (χ0n) is 12.1. The minimum atomic E-state index is 0.345. The van der Waals surface area contributed by atoms with E-state index in [1.807, 2.05) is 12.1 Å². The van der Waals surface area contributed by atoms with Gasteiger partial charge in [0.25, 0.3) is 0 Å². The van der Waals surface area contributed by atoms with Crippen LogP contribution in [0.1, 0.15) is 42.1 Å². The maximum absolute atomic E-state index is 5.21. The first-order valence-electron chi connectivity index (χ1n) is 7.25. The molecule has 3 rings (SSSR count). The van der Waals surface area contributed by atoms with Gasteiger partial charge in [-0.15, -0.1) is 0 Å². The minimum absolute atomic E-state index is 0.345. The van der Waals surface area contributed by atoms with Crippen molar-refractivity contribution < 1.29 is 4.74 Å². The van der Waals surface area contributed by atoms with Gasteiger partial charge < -0.3 is 10.1 Å². The maximum Gasteiger partial charge on any atom is 0.118 e. The van der Waals surface area contributed by atoms with Gasteiger partial charge in [0.05, 0.1) is 7.11 Å². The summed E-state index contributed by atoms with van der Waals surface area (Å²) in [4.78, 5) is 0. The van der Waals surface area contributed by atoms with E-state index in [-0.39, 0.29) is 0 Å². The van der Waals surface area contributed by atoms with Crippen molar-refractivity contribution in [2.24, 2.45) is 0 Å². The molecule has 0 saturated heterocycles. The van der Waals surface area contributed by atoms with Gasteiger partial charge in [-0.25, -0.2) is 0 Å². The van der Waals surface area contributed by atoms with Crippen molar-refractivity contribution in [1.82, 2.24) is 5.32 Å². The van der Waals surface area contributed by atoms with Crippen molar-refractivity contribution >= 4 is 0 Å². The zero-order valence-corrected chi connectivity index (χ0v) is 12.1. The molecule has 2 nitrogen and oxygen atoms in total. The Morgan fingerprint density at radius 2 is 1.85 bits per heavy atom. The van der Waals surface area contributed by atoms with Gasteiger partial charge in [0, 0.05) is 12.1 Å². The Hall–Kier alpha value is -1.80. The summed E-state index contributed by atoms with van der Waals surface area (Å²) in [5.41, 5.74) is 4.26. The topological polar surface area (TPSA) is 21.3 Å².